The van der Waals surface area contributed by atoms with Gasteiger partial charge in [0.25, 0.3) is 5.91 Å². The summed E-state index contributed by atoms with van der Waals surface area (Å²) in [5.41, 5.74) is 4.03. The van der Waals surface area contributed by atoms with E-state index < -0.39 is 0 Å². The van der Waals surface area contributed by atoms with Crippen molar-refractivity contribution in [3.63, 3.8) is 0 Å². The highest BCUT2D eigenvalue weighted by Crippen LogP contribution is 2.25. The molecule has 0 aliphatic heterocycles. The maximum atomic E-state index is 12.6. The maximum Gasteiger partial charge on any atom is 0.336 e. The second kappa shape index (κ2) is 11.3. The first-order valence-electron chi connectivity index (χ1n) is 11.4. The fourth-order valence-corrected chi connectivity index (χ4v) is 3.41. The second-order valence-electron chi connectivity index (χ2n) is 7.77. The Kier molecular flexibility index (Phi) is 7.74. The number of hydrogen-bond donors (Lipinski definition) is 1. The first-order chi connectivity index (χ1) is 17.1. The van der Waals surface area contributed by atoms with E-state index in [1.807, 2.05) is 62.4 Å². The molecule has 1 N–H and O–H groups in total. The van der Waals surface area contributed by atoms with Crippen LogP contribution < -0.4 is 14.8 Å². The van der Waals surface area contributed by atoms with Crippen LogP contribution in [0, 0.1) is 6.92 Å². The van der Waals surface area contributed by atoms with E-state index in [-0.39, 0.29) is 11.9 Å². The topological polar surface area (TPSA) is 87.5 Å². The van der Waals surface area contributed by atoms with Crippen LogP contribution in [0.4, 0.5) is 5.69 Å². The lowest BCUT2D eigenvalue weighted by Crippen LogP contribution is -2.12. The van der Waals surface area contributed by atoms with E-state index in [0.29, 0.717) is 42.6 Å². The molecular weight excluding hydrogens is 444 g/mol. The van der Waals surface area contributed by atoms with Gasteiger partial charge in [0, 0.05) is 23.4 Å². The molecular formula is C27H28N4O4. The van der Waals surface area contributed by atoms with Crippen molar-refractivity contribution in [2.75, 3.05) is 32.2 Å². The summed E-state index contributed by atoms with van der Waals surface area (Å²) in [7, 11) is 1.57. The first-order valence-corrected chi connectivity index (χ1v) is 11.4. The van der Waals surface area contributed by atoms with Crippen molar-refractivity contribution in [1.82, 2.24) is 14.8 Å². The summed E-state index contributed by atoms with van der Waals surface area (Å²) in [6.07, 6.45) is 0. The number of nitrogens with zero attached hydrogens (tertiary/aromatic N) is 3. The quantitative estimate of drug-likeness (QED) is 0.330. The molecule has 4 aromatic rings. The summed E-state index contributed by atoms with van der Waals surface area (Å²) >= 11 is 0. The number of carbonyl (C=O) groups excluding carboxylic acids is 1. The van der Waals surface area contributed by atoms with E-state index in [2.05, 4.69) is 15.4 Å². The molecule has 4 rings (SSSR count). The molecule has 1 amide bonds. The maximum absolute atomic E-state index is 12.6. The highest BCUT2D eigenvalue weighted by atomic mass is 16.5. The van der Waals surface area contributed by atoms with Crippen molar-refractivity contribution in [3.05, 3.63) is 83.9 Å². The van der Waals surface area contributed by atoms with Crippen LogP contribution in [0.1, 0.15) is 22.8 Å². The number of anilines is 1. The number of aryl methyl sites for hydroxylation is 1. The molecule has 0 fully saturated rings. The molecule has 0 radical (unpaired) electrons. The number of aromatic nitrogens is 3. The number of methoxy groups -OCH3 is 1. The Morgan fingerprint density at radius 3 is 2.49 bits per heavy atom. The van der Waals surface area contributed by atoms with Crippen LogP contribution in [-0.2, 0) is 4.74 Å². The van der Waals surface area contributed by atoms with Crippen LogP contribution >= 0.6 is 0 Å². The van der Waals surface area contributed by atoms with Crippen LogP contribution in [0.2, 0.25) is 0 Å². The molecule has 180 valence electrons. The number of nitrogens with one attached hydrogen (secondary N) is 1. The SMILES string of the molecule is CCOCCOc1nc(-c2ccc(C)cc2)n(-c2ccc(NC(=O)c3cccc(OC)c3)cc2)n1. The molecule has 0 saturated heterocycles. The van der Waals surface area contributed by atoms with Crippen molar-refractivity contribution >= 4 is 11.6 Å². The summed E-state index contributed by atoms with van der Waals surface area (Å²) in [5.74, 6) is 1.06. The molecule has 35 heavy (non-hydrogen) atoms. The molecule has 1 heterocycles. The van der Waals surface area contributed by atoms with Gasteiger partial charge in [-0.25, -0.2) is 4.68 Å². The number of rotatable bonds is 10. The standard InChI is InChI=1S/C27H28N4O4/c1-4-34-16-17-35-27-29-25(20-10-8-19(2)9-11-20)31(30-27)23-14-12-22(13-15-23)28-26(32)21-6-5-7-24(18-21)33-3/h5-15,18H,4,16-17H2,1-3H3,(H,28,32). The van der Waals surface area contributed by atoms with Gasteiger partial charge in [-0.15, -0.1) is 5.10 Å². The molecule has 8 nitrogen and oxygen atoms in total. The van der Waals surface area contributed by atoms with E-state index in [1.165, 1.54) is 0 Å². The van der Waals surface area contributed by atoms with E-state index in [0.717, 1.165) is 16.8 Å². The van der Waals surface area contributed by atoms with Gasteiger partial charge >= 0.3 is 6.01 Å². The Balaban J connectivity index is 1.56. The number of benzene rings is 3. The lowest BCUT2D eigenvalue weighted by Gasteiger charge is -2.09. The Bertz CT molecular complexity index is 1270. The number of ether oxygens (including phenoxy) is 3. The van der Waals surface area contributed by atoms with Crippen LogP contribution in [0.15, 0.2) is 72.8 Å². The van der Waals surface area contributed by atoms with E-state index in [1.54, 1.807) is 36.1 Å². The third kappa shape index (κ3) is 6.04. The number of carbonyl (C=O) groups is 1. The molecule has 8 heteroatoms. The first kappa shape index (κ1) is 24.0. The Morgan fingerprint density at radius 1 is 1.00 bits per heavy atom. The third-order valence-electron chi connectivity index (χ3n) is 5.26. The fourth-order valence-electron chi connectivity index (χ4n) is 3.41. The smallest absolute Gasteiger partial charge is 0.336 e. The number of amides is 1. The predicted molar refractivity (Wildman–Crippen MR) is 134 cm³/mol. The van der Waals surface area contributed by atoms with Gasteiger partial charge in [-0.05, 0) is 56.3 Å². The summed E-state index contributed by atoms with van der Waals surface area (Å²) in [6, 6.07) is 22.7. The van der Waals surface area contributed by atoms with Gasteiger partial charge in [-0.1, -0.05) is 35.9 Å². The summed E-state index contributed by atoms with van der Waals surface area (Å²) < 4.78 is 18.0. The highest BCUT2D eigenvalue weighted by molar-refractivity contribution is 6.04. The molecule has 1 aromatic heterocycles. The second-order valence-corrected chi connectivity index (χ2v) is 7.77. The number of hydrogen-bond acceptors (Lipinski definition) is 6. The zero-order valence-electron chi connectivity index (χ0n) is 20.0. The van der Waals surface area contributed by atoms with Crippen LogP contribution in [0.5, 0.6) is 11.8 Å². The summed E-state index contributed by atoms with van der Waals surface area (Å²) in [5, 5.41) is 7.47. The van der Waals surface area contributed by atoms with Crippen LogP contribution in [0.25, 0.3) is 17.1 Å². The molecule has 3 aromatic carbocycles. The molecule has 0 aliphatic rings. The third-order valence-corrected chi connectivity index (χ3v) is 5.26. The van der Waals surface area contributed by atoms with Crippen molar-refractivity contribution in [2.24, 2.45) is 0 Å². The lowest BCUT2D eigenvalue weighted by atomic mass is 10.1. The fraction of sp³-hybridized carbons (Fsp3) is 0.222. The molecule has 0 saturated carbocycles. The lowest BCUT2D eigenvalue weighted by molar-refractivity contribution is 0.102. The van der Waals surface area contributed by atoms with Crippen molar-refractivity contribution in [1.29, 1.82) is 0 Å². The molecule has 0 bridgehead atoms. The monoisotopic (exact) mass is 472 g/mol. The zero-order valence-corrected chi connectivity index (χ0v) is 20.0. The minimum Gasteiger partial charge on any atom is -0.497 e. The minimum atomic E-state index is -0.220. The average Bonchev–Trinajstić information content (AvgIpc) is 3.31. The van der Waals surface area contributed by atoms with Gasteiger partial charge < -0.3 is 19.5 Å². The Morgan fingerprint density at radius 2 is 1.77 bits per heavy atom. The van der Waals surface area contributed by atoms with Gasteiger partial charge in [-0.2, -0.15) is 4.98 Å². The van der Waals surface area contributed by atoms with Gasteiger partial charge in [-0.3, -0.25) is 4.79 Å². The van der Waals surface area contributed by atoms with Crippen molar-refractivity contribution in [3.8, 4) is 28.8 Å². The van der Waals surface area contributed by atoms with E-state index in [4.69, 9.17) is 14.2 Å². The zero-order chi connectivity index (χ0) is 24.6. The van der Waals surface area contributed by atoms with E-state index in [9.17, 15) is 4.79 Å². The van der Waals surface area contributed by atoms with Crippen LogP contribution in [-0.4, -0.2) is 47.6 Å². The Labute approximate surface area is 204 Å². The minimum absolute atomic E-state index is 0.220. The average molecular weight is 473 g/mol. The molecule has 0 atom stereocenters. The predicted octanol–water partition coefficient (Wildman–Crippen LogP) is 4.92. The summed E-state index contributed by atoms with van der Waals surface area (Å²) in [6.45, 7) is 5.42. The van der Waals surface area contributed by atoms with Gasteiger partial charge in [0.1, 0.15) is 12.4 Å². The molecule has 0 aliphatic carbocycles. The van der Waals surface area contributed by atoms with Crippen molar-refractivity contribution < 1.29 is 19.0 Å². The molecule has 0 spiro atoms. The normalized spacial score (nSPS) is 10.7. The van der Waals surface area contributed by atoms with Crippen LogP contribution in [0.3, 0.4) is 0 Å². The van der Waals surface area contributed by atoms with Gasteiger partial charge in [0.15, 0.2) is 5.82 Å². The summed E-state index contributed by atoms with van der Waals surface area (Å²) in [4.78, 5) is 17.2. The van der Waals surface area contributed by atoms with Gasteiger partial charge in [0.05, 0.1) is 19.4 Å². The van der Waals surface area contributed by atoms with Crippen molar-refractivity contribution in [2.45, 2.75) is 13.8 Å². The Hall–Kier alpha value is -4.17. The van der Waals surface area contributed by atoms with E-state index >= 15 is 0 Å². The largest absolute Gasteiger partial charge is 0.497 e. The van der Waals surface area contributed by atoms with Gasteiger partial charge in [0.2, 0.25) is 0 Å². The highest BCUT2D eigenvalue weighted by Gasteiger charge is 2.15. The molecule has 0 unspecified atom stereocenters.